The van der Waals surface area contributed by atoms with Gasteiger partial charge >= 0.3 is 0 Å². The van der Waals surface area contributed by atoms with Gasteiger partial charge in [0.1, 0.15) is 5.82 Å². The Kier molecular flexibility index (Phi) is 11.1. The lowest BCUT2D eigenvalue weighted by Crippen LogP contribution is -2.38. The van der Waals surface area contributed by atoms with Gasteiger partial charge in [-0.25, -0.2) is 4.98 Å². The van der Waals surface area contributed by atoms with Crippen LogP contribution in [0.5, 0.6) is 0 Å². The molecule has 3 aromatic rings. The van der Waals surface area contributed by atoms with Crippen molar-refractivity contribution >= 4 is 42.7 Å². The van der Waals surface area contributed by atoms with Crippen LogP contribution in [0.1, 0.15) is 81.5 Å². The van der Waals surface area contributed by atoms with E-state index < -0.39 is 0 Å². The number of hydrogen-bond donors (Lipinski definition) is 5. The maximum absolute atomic E-state index is 13.3. The Balaban J connectivity index is 0.000000442. The standard InChI is InChI=1S/C31H37N3O.CH5NS.2CH2O2/c1-20-32-27-17-24(14-15-28(27)34(20)2)22-12-10-21(11-13-22)23-6-5-7-25(16-23)29(35)33-31-18-30(31,19-31)26-8-3-4-9-26;1-2-3;2*2-1-3/h10-15,17,23,25-26H,3-9,16,18-19H2,1-2H3,(H,33,35);2-3H,1H3;2*1H,(H,2,3). The second-order valence-corrected chi connectivity index (χ2v) is 13.0. The number of carboxylic acid groups (broad SMARTS) is 2. The number of hydrogen-bond acceptors (Lipinski definition) is 6. The smallest absolute Gasteiger partial charge is 0.290 e. The molecule has 4 saturated carbocycles. The van der Waals surface area contributed by atoms with Crippen molar-refractivity contribution in [2.75, 3.05) is 7.05 Å². The van der Waals surface area contributed by atoms with Gasteiger partial charge in [-0.05, 0) is 99.6 Å². The molecule has 44 heavy (non-hydrogen) atoms. The van der Waals surface area contributed by atoms with Crippen molar-refractivity contribution in [3.63, 3.8) is 0 Å². The number of thiol groups is 1. The van der Waals surface area contributed by atoms with Gasteiger partial charge in [-0.3, -0.25) is 19.1 Å². The number of benzene rings is 2. The predicted octanol–water partition coefficient (Wildman–Crippen LogP) is 6.11. The van der Waals surface area contributed by atoms with E-state index in [1.807, 2.05) is 6.92 Å². The fraction of sp³-hybridized carbons (Fsp3) is 0.529. The summed E-state index contributed by atoms with van der Waals surface area (Å²) in [5.74, 6) is 2.95. The molecule has 0 bridgehead atoms. The number of amides is 1. The molecule has 1 amide bonds. The van der Waals surface area contributed by atoms with Crippen molar-refractivity contribution in [3.05, 3.63) is 53.9 Å². The normalized spacial score (nSPS) is 26.4. The monoisotopic (exact) mass is 622 g/mol. The fourth-order valence-electron chi connectivity index (χ4n) is 7.82. The molecule has 2 unspecified atom stereocenters. The average molecular weight is 623 g/mol. The third-order valence-corrected chi connectivity index (χ3v) is 10.3. The number of nitrogens with zero attached hydrogens (tertiary/aromatic N) is 2. The highest BCUT2D eigenvalue weighted by Gasteiger charge is 2.85. The molecule has 0 saturated heterocycles. The maximum Gasteiger partial charge on any atom is 0.290 e. The van der Waals surface area contributed by atoms with E-state index in [2.05, 4.69) is 76.9 Å². The van der Waals surface area contributed by atoms with Gasteiger partial charge in [0.05, 0.1) is 11.0 Å². The summed E-state index contributed by atoms with van der Waals surface area (Å²) in [6.45, 7) is 1.55. The van der Waals surface area contributed by atoms with Crippen LogP contribution in [0, 0.1) is 24.2 Å². The zero-order valence-electron chi connectivity index (χ0n) is 26.0. The van der Waals surface area contributed by atoms with Crippen LogP contribution in [0.4, 0.5) is 0 Å². The molecule has 10 heteroatoms. The predicted molar refractivity (Wildman–Crippen MR) is 176 cm³/mol. The molecule has 2 aromatic carbocycles. The summed E-state index contributed by atoms with van der Waals surface area (Å²) in [7, 11) is 3.81. The highest BCUT2D eigenvalue weighted by atomic mass is 32.1. The second kappa shape index (κ2) is 14.6. The third kappa shape index (κ3) is 6.96. The summed E-state index contributed by atoms with van der Waals surface area (Å²) in [5.41, 5.74) is 6.77. The van der Waals surface area contributed by atoms with Gasteiger partial charge in [0.25, 0.3) is 12.9 Å². The molecule has 7 rings (SSSR count). The number of fused-ring (bicyclic) bond motifs is 2. The summed E-state index contributed by atoms with van der Waals surface area (Å²) in [4.78, 5) is 34.7. The zero-order chi connectivity index (χ0) is 31.9. The summed E-state index contributed by atoms with van der Waals surface area (Å²) < 4.78 is 4.58. The van der Waals surface area contributed by atoms with Gasteiger partial charge in [-0.1, -0.05) is 62.4 Å². The van der Waals surface area contributed by atoms with Crippen molar-refractivity contribution in [2.24, 2.45) is 24.3 Å². The topological polar surface area (TPSA) is 134 Å². The Morgan fingerprint density at radius 1 is 0.977 bits per heavy atom. The summed E-state index contributed by atoms with van der Waals surface area (Å²) in [6.07, 6.45) is 12.5. The van der Waals surface area contributed by atoms with Crippen LogP contribution in [-0.2, 0) is 21.4 Å². The van der Waals surface area contributed by atoms with Gasteiger partial charge in [0.2, 0.25) is 5.91 Å². The molecular formula is C34H46N4O5S. The van der Waals surface area contributed by atoms with E-state index in [0.717, 1.165) is 36.5 Å². The SMILES string of the molecule is CNS.Cc1nc2cc(-c3ccc(C4CCCC(C(=O)NC56CC5(C5CCCC5)C6)C4)cc3)ccc2n1C.O=CO.O=CO. The van der Waals surface area contributed by atoms with Crippen molar-refractivity contribution in [1.82, 2.24) is 19.6 Å². The number of rotatable bonds is 5. The van der Waals surface area contributed by atoms with Gasteiger partial charge in [0.15, 0.2) is 0 Å². The molecule has 9 nitrogen and oxygen atoms in total. The summed E-state index contributed by atoms with van der Waals surface area (Å²) in [6, 6.07) is 15.6. The molecule has 4 aliphatic rings. The van der Waals surface area contributed by atoms with E-state index in [1.54, 1.807) is 7.05 Å². The molecule has 238 valence electrons. The number of carbonyl (C=O) groups excluding carboxylic acids is 1. The third-order valence-electron chi connectivity index (χ3n) is 10.3. The van der Waals surface area contributed by atoms with Gasteiger partial charge in [-0.15, -0.1) is 0 Å². The Morgan fingerprint density at radius 2 is 1.57 bits per heavy atom. The molecule has 4 N–H and O–H groups in total. The number of aryl methyl sites for hydroxylation is 2. The first kappa shape index (κ1) is 33.5. The molecule has 4 aliphatic carbocycles. The second-order valence-electron chi connectivity index (χ2n) is 12.6. The van der Waals surface area contributed by atoms with E-state index >= 15 is 0 Å². The Hall–Kier alpha value is -3.37. The largest absolute Gasteiger partial charge is 0.483 e. The highest BCUT2D eigenvalue weighted by molar-refractivity contribution is 7.78. The minimum Gasteiger partial charge on any atom is -0.483 e. The van der Waals surface area contributed by atoms with Gasteiger partial charge in [0, 0.05) is 23.9 Å². The van der Waals surface area contributed by atoms with Crippen LogP contribution in [-0.4, -0.2) is 51.2 Å². The number of aromatic nitrogens is 2. The Bertz CT molecular complexity index is 1420. The minimum absolute atomic E-state index is 0.181. The van der Waals surface area contributed by atoms with E-state index in [9.17, 15) is 4.79 Å². The van der Waals surface area contributed by atoms with E-state index in [-0.39, 0.29) is 24.4 Å². The molecular weight excluding hydrogens is 576 g/mol. The van der Waals surface area contributed by atoms with Crippen LogP contribution in [0.3, 0.4) is 0 Å². The molecule has 2 atom stereocenters. The molecule has 0 radical (unpaired) electrons. The highest BCUT2D eigenvalue weighted by Crippen LogP contribution is 2.83. The summed E-state index contributed by atoms with van der Waals surface area (Å²) >= 11 is 3.54. The quantitative estimate of drug-likeness (QED) is 0.171. The van der Waals surface area contributed by atoms with Crippen molar-refractivity contribution in [1.29, 1.82) is 0 Å². The summed E-state index contributed by atoms with van der Waals surface area (Å²) in [5, 5.41) is 17.3. The van der Waals surface area contributed by atoms with Crippen molar-refractivity contribution < 1.29 is 24.6 Å². The van der Waals surface area contributed by atoms with Crippen LogP contribution in [0.2, 0.25) is 0 Å². The number of carbonyl (C=O) groups is 3. The van der Waals surface area contributed by atoms with Crippen LogP contribution >= 0.6 is 12.8 Å². The van der Waals surface area contributed by atoms with E-state index in [0.29, 0.717) is 17.2 Å². The maximum atomic E-state index is 13.3. The van der Waals surface area contributed by atoms with E-state index in [4.69, 9.17) is 24.8 Å². The first-order valence-electron chi connectivity index (χ1n) is 15.5. The van der Waals surface area contributed by atoms with Crippen molar-refractivity contribution in [2.45, 2.75) is 82.6 Å². The zero-order valence-corrected chi connectivity index (χ0v) is 26.9. The number of imidazole rings is 1. The lowest BCUT2D eigenvalue weighted by molar-refractivity contribution is -0.127. The van der Waals surface area contributed by atoms with Crippen LogP contribution in [0.15, 0.2) is 42.5 Å². The van der Waals surface area contributed by atoms with Crippen LogP contribution < -0.4 is 10.0 Å². The molecule has 1 aromatic heterocycles. The minimum atomic E-state index is -0.250. The lowest BCUT2D eigenvalue weighted by Gasteiger charge is -2.29. The molecule has 4 fully saturated rings. The first-order valence-corrected chi connectivity index (χ1v) is 16.0. The van der Waals surface area contributed by atoms with Gasteiger partial charge in [-0.2, -0.15) is 0 Å². The number of nitrogens with one attached hydrogen (secondary N) is 2. The van der Waals surface area contributed by atoms with E-state index in [1.165, 1.54) is 67.2 Å². The molecule has 0 aliphatic heterocycles. The van der Waals surface area contributed by atoms with Gasteiger partial charge < -0.3 is 20.1 Å². The Morgan fingerprint density at radius 3 is 2.18 bits per heavy atom. The molecule has 0 spiro atoms. The lowest BCUT2D eigenvalue weighted by atomic mass is 9.77. The van der Waals surface area contributed by atoms with Crippen molar-refractivity contribution in [3.8, 4) is 11.1 Å². The first-order chi connectivity index (χ1) is 21.2. The molecule has 1 heterocycles. The average Bonchev–Trinajstić information content (AvgIpc) is 3.61. The Labute approximate surface area is 265 Å². The van der Waals surface area contributed by atoms with Crippen LogP contribution in [0.25, 0.3) is 22.2 Å². The fourth-order valence-corrected chi connectivity index (χ4v) is 7.82.